The van der Waals surface area contributed by atoms with Crippen LogP contribution in [0.5, 0.6) is 0 Å². The Morgan fingerprint density at radius 2 is 2.21 bits per heavy atom. The molecule has 1 atom stereocenters. The van der Waals surface area contributed by atoms with Gasteiger partial charge in [0.25, 0.3) is 0 Å². The van der Waals surface area contributed by atoms with E-state index in [1.54, 1.807) is 0 Å². The number of amides is 1. The van der Waals surface area contributed by atoms with E-state index in [9.17, 15) is 4.79 Å². The van der Waals surface area contributed by atoms with Gasteiger partial charge in [-0.3, -0.25) is 4.79 Å². The lowest BCUT2D eigenvalue weighted by atomic mass is 9.70. The van der Waals surface area contributed by atoms with Crippen molar-refractivity contribution in [2.45, 2.75) is 52.0 Å². The second-order valence-electron chi connectivity index (χ2n) is 4.81. The average molecular weight is 198 g/mol. The van der Waals surface area contributed by atoms with Crippen LogP contribution in [0.25, 0.3) is 0 Å². The standard InChI is InChI=1S/C11H22N2O/c1-3-9(12)7-10(14)13-8-11(2)5-4-6-11/h9H,3-8,12H2,1-2H3,(H,13,14). The fourth-order valence-electron chi connectivity index (χ4n) is 1.72. The molecular formula is C11H22N2O. The highest BCUT2D eigenvalue weighted by Crippen LogP contribution is 2.39. The molecule has 14 heavy (non-hydrogen) atoms. The maximum absolute atomic E-state index is 11.4. The van der Waals surface area contributed by atoms with E-state index in [-0.39, 0.29) is 11.9 Å². The third-order valence-corrected chi connectivity index (χ3v) is 3.24. The number of nitrogens with two attached hydrogens (primary N) is 1. The van der Waals surface area contributed by atoms with Crippen LogP contribution in [-0.4, -0.2) is 18.5 Å². The van der Waals surface area contributed by atoms with Gasteiger partial charge in [-0.2, -0.15) is 0 Å². The van der Waals surface area contributed by atoms with Gasteiger partial charge in [0.15, 0.2) is 0 Å². The smallest absolute Gasteiger partial charge is 0.221 e. The normalized spacial score (nSPS) is 21.1. The molecule has 0 radical (unpaired) electrons. The molecule has 3 nitrogen and oxygen atoms in total. The fraction of sp³-hybridized carbons (Fsp3) is 0.909. The summed E-state index contributed by atoms with van der Waals surface area (Å²) in [5.41, 5.74) is 6.07. The molecule has 1 aliphatic carbocycles. The second kappa shape index (κ2) is 4.78. The van der Waals surface area contributed by atoms with E-state index in [2.05, 4.69) is 12.2 Å². The van der Waals surface area contributed by atoms with Crippen LogP contribution in [-0.2, 0) is 4.79 Å². The Morgan fingerprint density at radius 3 is 2.64 bits per heavy atom. The predicted octanol–water partition coefficient (Wildman–Crippen LogP) is 1.42. The Labute approximate surface area is 86.4 Å². The van der Waals surface area contributed by atoms with Crippen LogP contribution < -0.4 is 11.1 Å². The van der Waals surface area contributed by atoms with Gasteiger partial charge in [0, 0.05) is 19.0 Å². The molecule has 0 heterocycles. The van der Waals surface area contributed by atoms with Gasteiger partial charge in [0.2, 0.25) is 5.91 Å². The predicted molar refractivity (Wildman–Crippen MR) is 57.9 cm³/mol. The first-order valence-electron chi connectivity index (χ1n) is 5.58. The summed E-state index contributed by atoms with van der Waals surface area (Å²) in [5, 5.41) is 2.97. The zero-order chi connectivity index (χ0) is 10.6. The van der Waals surface area contributed by atoms with Crippen molar-refractivity contribution in [1.82, 2.24) is 5.32 Å². The highest BCUT2D eigenvalue weighted by Gasteiger charge is 2.31. The Balaban J connectivity index is 2.14. The minimum Gasteiger partial charge on any atom is -0.356 e. The summed E-state index contributed by atoms with van der Waals surface area (Å²) in [7, 11) is 0. The van der Waals surface area contributed by atoms with Crippen molar-refractivity contribution < 1.29 is 4.79 Å². The molecule has 1 aliphatic rings. The molecule has 0 spiro atoms. The number of rotatable bonds is 5. The summed E-state index contributed by atoms with van der Waals surface area (Å²) in [6.45, 7) is 5.06. The van der Waals surface area contributed by atoms with Crippen molar-refractivity contribution in [3.8, 4) is 0 Å². The molecule has 0 aromatic rings. The van der Waals surface area contributed by atoms with Gasteiger partial charge in [0.05, 0.1) is 0 Å². The van der Waals surface area contributed by atoms with E-state index in [1.165, 1.54) is 19.3 Å². The highest BCUT2D eigenvalue weighted by molar-refractivity contribution is 5.76. The lowest BCUT2D eigenvalue weighted by Gasteiger charge is -2.38. The molecule has 0 aromatic carbocycles. The summed E-state index contributed by atoms with van der Waals surface area (Å²) in [5.74, 6) is 0.104. The summed E-state index contributed by atoms with van der Waals surface area (Å²) < 4.78 is 0. The van der Waals surface area contributed by atoms with Crippen molar-refractivity contribution in [3.63, 3.8) is 0 Å². The number of hydrogen-bond donors (Lipinski definition) is 2. The first-order chi connectivity index (χ1) is 6.56. The molecule has 1 amide bonds. The van der Waals surface area contributed by atoms with Crippen LogP contribution >= 0.6 is 0 Å². The Bertz CT molecular complexity index is 199. The summed E-state index contributed by atoms with van der Waals surface area (Å²) >= 11 is 0. The Morgan fingerprint density at radius 1 is 1.57 bits per heavy atom. The lowest BCUT2D eigenvalue weighted by molar-refractivity contribution is -0.122. The molecule has 3 heteroatoms. The van der Waals surface area contributed by atoms with Crippen LogP contribution in [0.1, 0.15) is 46.0 Å². The van der Waals surface area contributed by atoms with Gasteiger partial charge >= 0.3 is 0 Å². The molecule has 0 aliphatic heterocycles. The number of carbonyl (C=O) groups excluding carboxylic acids is 1. The largest absolute Gasteiger partial charge is 0.356 e. The Kier molecular flexibility index (Phi) is 3.93. The molecule has 3 N–H and O–H groups in total. The number of carbonyl (C=O) groups is 1. The molecule has 1 unspecified atom stereocenters. The van der Waals surface area contributed by atoms with E-state index in [4.69, 9.17) is 5.73 Å². The van der Waals surface area contributed by atoms with Gasteiger partial charge in [-0.25, -0.2) is 0 Å². The quantitative estimate of drug-likeness (QED) is 0.702. The molecule has 1 fully saturated rings. The van der Waals surface area contributed by atoms with Crippen molar-refractivity contribution in [3.05, 3.63) is 0 Å². The van der Waals surface area contributed by atoms with E-state index in [0.29, 0.717) is 11.8 Å². The molecule has 0 saturated heterocycles. The van der Waals surface area contributed by atoms with Gasteiger partial charge < -0.3 is 11.1 Å². The third-order valence-electron chi connectivity index (χ3n) is 3.24. The summed E-state index contributed by atoms with van der Waals surface area (Å²) in [4.78, 5) is 11.4. The zero-order valence-electron chi connectivity index (χ0n) is 9.31. The van der Waals surface area contributed by atoms with Crippen molar-refractivity contribution in [1.29, 1.82) is 0 Å². The SMILES string of the molecule is CCC(N)CC(=O)NCC1(C)CCC1. The molecule has 0 bridgehead atoms. The van der Waals surface area contributed by atoms with E-state index < -0.39 is 0 Å². The van der Waals surface area contributed by atoms with E-state index >= 15 is 0 Å². The van der Waals surface area contributed by atoms with Crippen LogP contribution in [0.15, 0.2) is 0 Å². The molecular weight excluding hydrogens is 176 g/mol. The maximum Gasteiger partial charge on any atom is 0.221 e. The summed E-state index contributed by atoms with van der Waals surface area (Å²) in [6.07, 6.45) is 5.12. The number of nitrogens with one attached hydrogen (secondary N) is 1. The van der Waals surface area contributed by atoms with Gasteiger partial charge in [0.1, 0.15) is 0 Å². The topological polar surface area (TPSA) is 55.1 Å². The monoisotopic (exact) mass is 198 g/mol. The first-order valence-corrected chi connectivity index (χ1v) is 5.58. The average Bonchev–Trinajstić information content (AvgIpc) is 2.11. The molecule has 1 rings (SSSR count). The highest BCUT2D eigenvalue weighted by atomic mass is 16.1. The van der Waals surface area contributed by atoms with Crippen LogP contribution in [0.4, 0.5) is 0 Å². The molecule has 1 saturated carbocycles. The van der Waals surface area contributed by atoms with E-state index in [0.717, 1.165) is 13.0 Å². The minimum absolute atomic E-state index is 0.0178. The van der Waals surface area contributed by atoms with Gasteiger partial charge in [-0.1, -0.05) is 20.3 Å². The minimum atomic E-state index is 0.0178. The van der Waals surface area contributed by atoms with Crippen LogP contribution in [0.2, 0.25) is 0 Å². The lowest BCUT2D eigenvalue weighted by Crippen LogP contribution is -2.41. The van der Waals surface area contributed by atoms with Crippen molar-refractivity contribution in [2.24, 2.45) is 11.1 Å². The Hall–Kier alpha value is -0.570. The van der Waals surface area contributed by atoms with Crippen LogP contribution in [0.3, 0.4) is 0 Å². The van der Waals surface area contributed by atoms with Crippen LogP contribution in [0, 0.1) is 5.41 Å². The van der Waals surface area contributed by atoms with Gasteiger partial charge in [-0.05, 0) is 24.7 Å². The van der Waals surface area contributed by atoms with Crippen molar-refractivity contribution in [2.75, 3.05) is 6.54 Å². The first kappa shape index (κ1) is 11.5. The molecule has 0 aromatic heterocycles. The zero-order valence-corrected chi connectivity index (χ0v) is 9.31. The fourth-order valence-corrected chi connectivity index (χ4v) is 1.72. The van der Waals surface area contributed by atoms with Crippen molar-refractivity contribution >= 4 is 5.91 Å². The summed E-state index contributed by atoms with van der Waals surface area (Å²) in [6, 6.07) is 0.0178. The number of hydrogen-bond acceptors (Lipinski definition) is 2. The maximum atomic E-state index is 11.4. The van der Waals surface area contributed by atoms with Gasteiger partial charge in [-0.15, -0.1) is 0 Å². The third kappa shape index (κ3) is 3.29. The molecule has 82 valence electrons. The second-order valence-corrected chi connectivity index (χ2v) is 4.81. The van der Waals surface area contributed by atoms with E-state index in [1.807, 2.05) is 6.92 Å².